The second-order valence-electron chi connectivity index (χ2n) is 4.41. The number of hydrogen-bond donors (Lipinski definition) is 0. The van der Waals surface area contributed by atoms with Gasteiger partial charge in [-0.3, -0.25) is 4.79 Å². The zero-order valence-corrected chi connectivity index (χ0v) is 12.1. The fraction of sp³-hybridized carbons (Fsp3) is 0.133. The summed E-state index contributed by atoms with van der Waals surface area (Å²) in [5, 5.41) is 0. The summed E-state index contributed by atoms with van der Waals surface area (Å²) in [5.41, 5.74) is 0.701. The Morgan fingerprint density at radius 3 is 2.57 bits per heavy atom. The summed E-state index contributed by atoms with van der Waals surface area (Å²) < 4.78 is 42.9. The van der Waals surface area contributed by atoms with Gasteiger partial charge in [0.05, 0.1) is 17.8 Å². The Hall–Kier alpha value is -2.21. The number of ether oxygens (including phenoxy) is 1. The van der Waals surface area contributed by atoms with Gasteiger partial charge >= 0.3 is 0 Å². The average molecular weight is 308 g/mol. The summed E-state index contributed by atoms with van der Waals surface area (Å²) >= 11 is 0. The number of carbonyl (C=O) groups is 1. The predicted molar refractivity (Wildman–Crippen MR) is 75.7 cm³/mol. The quantitative estimate of drug-likeness (QED) is 0.797. The molecule has 0 aliphatic carbocycles. The Kier molecular flexibility index (Phi) is 4.37. The molecule has 0 aliphatic heterocycles. The highest BCUT2D eigenvalue weighted by molar-refractivity contribution is 7.90. The van der Waals surface area contributed by atoms with E-state index < -0.39 is 15.7 Å². The maximum Gasteiger partial charge on any atom is 0.182 e. The van der Waals surface area contributed by atoms with Crippen LogP contribution in [0.2, 0.25) is 0 Å². The number of methoxy groups -OCH3 is 1. The molecule has 0 radical (unpaired) electrons. The molecule has 4 nitrogen and oxygen atoms in total. The number of benzene rings is 2. The van der Waals surface area contributed by atoms with Gasteiger partial charge in [-0.2, -0.15) is 0 Å². The highest BCUT2D eigenvalue weighted by Gasteiger charge is 2.18. The van der Waals surface area contributed by atoms with E-state index in [0.717, 1.165) is 6.07 Å². The van der Waals surface area contributed by atoms with E-state index in [-0.39, 0.29) is 10.6 Å². The van der Waals surface area contributed by atoms with Gasteiger partial charge in [0.25, 0.3) is 0 Å². The van der Waals surface area contributed by atoms with E-state index in [1.54, 1.807) is 0 Å². The largest absolute Gasteiger partial charge is 0.496 e. The van der Waals surface area contributed by atoms with Gasteiger partial charge in [-0.05, 0) is 36.4 Å². The minimum atomic E-state index is -3.73. The molecule has 0 aliphatic rings. The molecule has 0 amide bonds. The van der Waals surface area contributed by atoms with E-state index in [1.165, 1.54) is 43.5 Å². The molecule has 0 N–H and O–H groups in total. The average Bonchev–Trinajstić information content (AvgIpc) is 2.46. The van der Waals surface area contributed by atoms with Gasteiger partial charge in [0, 0.05) is 11.1 Å². The standard InChI is InChI=1S/C15H13FO4S/c1-20-15-6-5-11(9-17)7-12(15)10-21(18,19)14-4-2-3-13(16)8-14/h2-9H,10H2,1H3. The second kappa shape index (κ2) is 6.05. The third-order valence-corrected chi connectivity index (χ3v) is 4.60. The lowest BCUT2D eigenvalue weighted by atomic mass is 10.1. The number of sulfone groups is 1. The molecule has 2 rings (SSSR count). The molecule has 6 heteroatoms. The van der Waals surface area contributed by atoms with Crippen LogP contribution in [0.5, 0.6) is 5.75 Å². The molecule has 0 spiro atoms. The minimum Gasteiger partial charge on any atom is -0.496 e. The molecule has 2 aromatic carbocycles. The summed E-state index contributed by atoms with van der Waals surface area (Å²) in [7, 11) is -2.32. The topological polar surface area (TPSA) is 60.4 Å². The first-order valence-electron chi connectivity index (χ1n) is 6.06. The highest BCUT2D eigenvalue weighted by atomic mass is 32.2. The SMILES string of the molecule is COc1ccc(C=O)cc1CS(=O)(=O)c1cccc(F)c1. The Bertz CT molecular complexity index is 769. The zero-order valence-electron chi connectivity index (χ0n) is 11.2. The summed E-state index contributed by atoms with van der Waals surface area (Å²) in [6, 6.07) is 9.31. The summed E-state index contributed by atoms with van der Waals surface area (Å²) in [4.78, 5) is 10.7. The van der Waals surface area contributed by atoms with Crippen LogP contribution in [0, 0.1) is 5.82 Å². The summed E-state index contributed by atoms with van der Waals surface area (Å²) in [6.07, 6.45) is 0.623. The molecule has 0 heterocycles. The number of halogens is 1. The fourth-order valence-electron chi connectivity index (χ4n) is 1.93. The first-order chi connectivity index (χ1) is 9.96. The molecular weight excluding hydrogens is 295 g/mol. The molecule has 0 unspecified atom stereocenters. The van der Waals surface area contributed by atoms with Crippen LogP contribution in [0.4, 0.5) is 4.39 Å². The molecule has 0 bridgehead atoms. The van der Waals surface area contributed by atoms with E-state index in [2.05, 4.69) is 0 Å². The van der Waals surface area contributed by atoms with E-state index in [9.17, 15) is 17.6 Å². The highest BCUT2D eigenvalue weighted by Crippen LogP contribution is 2.25. The monoisotopic (exact) mass is 308 g/mol. The lowest BCUT2D eigenvalue weighted by Crippen LogP contribution is -2.07. The summed E-state index contributed by atoms with van der Waals surface area (Å²) in [5.74, 6) is -0.633. The van der Waals surface area contributed by atoms with Crippen molar-refractivity contribution in [1.29, 1.82) is 0 Å². The van der Waals surface area contributed by atoms with E-state index in [4.69, 9.17) is 4.74 Å². The van der Waals surface area contributed by atoms with Crippen molar-refractivity contribution in [3.8, 4) is 5.75 Å². The van der Waals surface area contributed by atoms with Crippen LogP contribution in [0.15, 0.2) is 47.4 Å². The van der Waals surface area contributed by atoms with Gasteiger partial charge < -0.3 is 4.74 Å². The van der Waals surface area contributed by atoms with Gasteiger partial charge in [-0.15, -0.1) is 0 Å². The van der Waals surface area contributed by atoms with Crippen LogP contribution in [0.3, 0.4) is 0 Å². The summed E-state index contributed by atoms with van der Waals surface area (Å²) in [6.45, 7) is 0. The Morgan fingerprint density at radius 1 is 1.19 bits per heavy atom. The predicted octanol–water partition coefficient (Wildman–Crippen LogP) is 2.62. The van der Waals surface area contributed by atoms with Crippen molar-refractivity contribution in [2.24, 2.45) is 0 Å². The zero-order chi connectivity index (χ0) is 15.5. The second-order valence-corrected chi connectivity index (χ2v) is 6.40. The number of rotatable bonds is 5. The van der Waals surface area contributed by atoms with Crippen molar-refractivity contribution in [2.45, 2.75) is 10.6 Å². The van der Waals surface area contributed by atoms with Gasteiger partial charge in [0.15, 0.2) is 9.84 Å². The number of hydrogen-bond acceptors (Lipinski definition) is 4. The molecule has 0 fully saturated rings. The van der Waals surface area contributed by atoms with Crippen LogP contribution >= 0.6 is 0 Å². The molecule has 2 aromatic rings. The molecular formula is C15H13FO4S. The normalized spacial score (nSPS) is 11.1. The van der Waals surface area contributed by atoms with Crippen LogP contribution in [0.1, 0.15) is 15.9 Å². The maximum atomic E-state index is 13.2. The molecule has 0 atom stereocenters. The first-order valence-corrected chi connectivity index (χ1v) is 7.72. The molecule has 0 saturated carbocycles. The van der Waals surface area contributed by atoms with Gasteiger partial charge in [-0.25, -0.2) is 12.8 Å². The number of carbonyl (C=O) groups excluding carboxylic acids is 1. The Balaban J connectivity index is 2.43. The van der Waals surface area contributed by atoms with Crippen molar-refractivity contribution < 1.29 is 22.3 Å². The Morgan fingerprint density at radius 2 is 1.95 bits per heavy atom. The molecule has 110 valence electrons. The lowest BCUT2D eigenvalue weighted by molar-refractivity contribution is 0.112. The van der Waals surface area contributed by atoms with Crippen molar-refractivity contribution in [2.75, 3.05) is 7.11 Å². The van der Waals surface area contributed by atoms with E-state index >= 15 is 0 Å². The Labute approximate surface area is 122 Å². The molecule has 21 heavy (non-hydrogen) atoms. The van der Waals surface area contributed by atoms with Crippen molar-refractivity contribution >= 4 is 16.1 Å². The van der Waals surface area contributed by atoms with Gasteiger partial charge in [0.2, 0.25) is 0 Å². The van der Waals surface area contributed by atoms with Crippen LogP contribution < -0.4 is 4.74 Å². The van der Waals surface area contributed by atoms with E-state index in [1.807, 2.05) is 0 Å². The van der Waals surface area contributed by atoms with Gasteiger partial charge in [0.1, 0.15) is 17.9 Å². The first kappa shape index (κ1) is 15.2. The molecule has 0 aromatic heterocycles. The minimum absolute atomic E-state index is 0.110. The fourth-order valence-corrected chi connectivity index (χ4v) is 3.31. The maximum absolute atomic E-state index is 13.2. The van der Waals surface area contributed by atoms with Crippen molar-refractivity contribution in [1.82, 2.24) is 0 Å². The smallest absolute Gasteiger partial charge is 0.182 e. The van der Waals surface area contributed by atoms with E-state index in [0.29, 0.717) is 23.2 Å². The van der Waals surface area contributed by atoms with Crippen LogP contribution in [0.25, 0.3) is 0 Å². The van der Waals surface area contributed by atoms with Crippen molar-refractivity contribution in [3.63, 3.8) is 0 Å². The third kappa shape index (κ3) is 3.46. The van der Waals surface area contributed by atoms with Crippen LogP contribution in [-0.2, 0) is 15.6 Å². The molecule has 0 saturated heterocycles. The van der Waals surface area contributed by atoms with Crippen LogP contribution in [-0.4, -0.2) is 21.8 Å². The van der Waals surface area contributed by atoms with Crippen molar-refractivity contribution in [3.05, 3.63) is 59.4 Å². The number of aldehydes is 1. The third-order valence-electron chi connectivity index (χ3n) is 2.94. The van der Waals surface area contributed by atoms with Gasteiger partial charge in [-0.1, -0.05) is 6.07 Å². The lowest BCUT2D eigenvalue weighted by Gasteiger charge is -2.10.